The van der Waals surface area contributed by atoms with E-state index in [-0.39, 0.29) is 25.1 Å². The molecule has 1 aromatic heterocycles. The SMILES string of the molecule is O=C(NCC(O)CO)C1Cc2nc[nH]c2CN1. The maximum absolute atomic E-state index is 11.7. The molecule has 1 aromatic rings. The van der Waals surface area contributed by atoms with Gasteiger partial charge in [-0.1, -0.05) is 0 Å². The normalized spacial score (nSPS) is 20.7. The Kier molecular flexibility index (Phi) is 3.72. The van der Waals surface area contributed by atoms with Crippen LogP contribution in [0.25, 0.3) is 0 Å². The number of fused-ring (bicyclic) bond motifs is 1. The fraction of sp³-hybridized carbons (Fsp3) is 0.600. The minimum absolute atomic E-state index is 0.0565. The highest BCUT2D eigenvalue weighted by atomic mass is 16.3. The van der Waals surface area contributed by atoms with Crippen molar-refractivity contribution in [2.75, 3.05) is 13.2 Å². The molecule has 2 heterocycles. The fourth-order valence-electron chi connectivity index (χ4n) is 1.76. The lowest BCUT2D eigenvalue weighted by molar-refractivity contribution is -0.123. The number of aromatic amines is 1. The van der Waals surface area contributed by atoms with Crippen molar-refractivity contribution in [3.63, 3.8) is 0 Å². The average molecular weight is 240 g/mol. The first kappa shape index (κ1) is 12.0. The van der Waals surface area contributed by atoms with E-state index in [1.54, 1.807) is 6.33 Å². The number of rotatable bonds is 4. The van der Waals surface area contributed by atoms with Crippen LogP contribution in [0.5, 0.6) is 0 Å². The van der Waals surface area contributed by atoms with Gasteiger partial charge in [0.15, 0.2) is 0 Å². The summed E-state index contributed by atoms with van der Waals surface area (Å²) in [6, 6.07) is -0.336. The molecule has 1 aliphatic heterocycles. The molecule has 0 radical (unpaired) electrons. The monoisotopic (exact) mass is 240 g/mol. The highest BCUT2D eigenvalue weighted by Crippen LogP contribution is 2.11. The second kappa shape index (κ2) is 5.26. The number of nitrogens with zero attached hydrogens (tertiary/aromatic N) is 1. The molecule has 2 rings (SSSR count). The quantitative estimate of drug-likeness (QED) is 0.414. The Labute approximate surface area is 98.3 Å². The molecule has 0 aliphatic carbocycles. The maximum Gasteiger partial charge on any atom is 0.237 e. The zero-order valence-electron chi connectivity index (χ0n) is 9.31. The van der Waals surface area contributed by atoms with E-state index >= 15 is 0 Å². The molecule has 0 aromatic carbocycles. The average Bonchev–Trinajstić information content (AvgIpc) is 2.82. The molecule has 0 saturated carbocycles. The van der Waals surface area contributed by atoms with Gasteiger partial charge in [0, 0.05) is 19.5 Å². The predicted molar refractivity (Wildman–Crippen MR) is 59.0 cm³/mol. The van der Waals surface area contributed by atoms with E-state index in [1.807, 2.05) is 0 Å². The summed E-state index contributed by atoms with van der Waals surface area (Å²) in [4.78, 5) is 18.9. The van der Waals surface area contributed by atoms with Crippen LogP contribution in [0.15, 0.2) is 6.33 Å². The van der Waals surface area contributed by atoms with E-state index in [9.17, 15) is 4.79 Å². The van der Waals surface area contributed by atoms with Gasteiger partial charge in [-0.25, -0.2) is 4.98 Å². The first-order valence-electron chi connectivity index (χ1n) is 5.52. The number of hydrogen-bond donors (Lipinski definition) is 5. The first-order valence-corrected chi connectivity index (χ1v) is 5.52. The third-order valence-corrected chi connectivity index (χ3v) is 2.77. The van der Waals surface area contributed by atoms with Crippen LogP contribution in [-0.4, -0.2) is 51.4 Å². The van der Waals surface area contributed by atoms with Crippen LogP contribution in [0.4, 0.5) is 0 Å². The Bertz CT molecular complexity index is 393. The Morgan fingerprint density at radius 3 is 3.29 bits per heavy atom. The standard InChI is InChI=1S/C10H16N4O3/c15-4-6(16)2-12-10(17)8-1-7-9(3-11-8)14-5-13-7/h5-6,8,11,15-16H,1-4H2,(H,12,17)(H,13,14). The van der Waals surface area contributed by atoms with E-state index in [1.165, 1.54) is 0 Å². The molecule has 1 aliphatic rings. The number of aromatic nitrogens is 2. The van der Waals surface area contributed by atoms with Crippen LogP contribution in [-0.2, 0) is 17.8 Å². The summed E-state index contributed by atoms with van der Waals surface area (Å²) in [6.45, 7) is 0.277. The van der Waals surface area contributed by atoms with Gasteiger partial charge < -0.3 is 20.5 Å². The van der Waals surface area contributed by atoms with Crippen LogP contribution in [0.2, 0.25) is 0 Å². The number of carbonyl (C=O) groups excluding carboxylic acids is 1. The molecule has 0 spiro atoms. The molecule has 5 N–H and O–H groups in total. The van der Waals surface area contributed by atoms with E-state index < -0.39 is 6.10 Å². The minimum atomic E-state index is -0.913. The van der Waals surface area contributed by atoms with Crippen molar-refractivity contribution in [1.29, 1.82) is 0 Å². The van der Waals surface area contributed by atoms with Gasteiger partial charge in [-0.2, -0.15) is 0 Å². The number of aliphatic hydroxyl groups is 2. The second-order valence-electron chi connectivity index (χ2n) is 4.05. The molecule has 7 heteroatoms. The van der Waals surface area contributed by atoms with Crippen molar-refractivity contribution >= 4 is 5.91 Å². The molecule has 2 atom stereocenters. The largest absolute Gasteiger partial charge is 0.394 e. The summed E-state index contributed by atoms with van der Waals surface area (Å²) >= 11 is 0. The molecule has 2 unspecified atom stereocenters. The smallest absolute Gasteiger partial charge is 0.237 e. The highest BCUT2D eigenvalue weighted by molar-refractivity contribution is 5.82. The number of imidazole rings is 1. The van der Waals surface area contributed by atoms with Gasteiger partial charge in [-0.3, -0.25) is 10.1 Å². The van der Waals surface area contributed by atoms with E-state index in [2.05, 4.69) is 20.6 Å². The predicted octanol–water partition coefficient (Wildman–Crippen LogP) is -2.11. The van der Waals surface area contributed by atoms with E-state index in [4.69, 9.17) is 10.2 Å². The Morgan fingerprint density at radius 2 is 2.53 bits per heavy atom. The van der Waals surface area contributed by atoms with Crippen LogP contribution in [0.1, 0.15) is 11.4 Å². The van der Waals surface area contributed by atoms with E-state index in [0.29, 0.717) is 13.0 Å². The summed E-state index contributed by atoms with van der Waals surface area (Å²) in [5, 5.41) is 23.4. The van der Waals surface area contributed by atoms with Crippen molar-refractivity contribution < 1.29 is 15.0 Å². The summed E-state index contributed by atoms with van der Waals surface area (Å²) < 4.78 is 0. The molecular weight excluding hydrogens is 224 g/mol. The van der Waals surface area contributed by atoms with E-state index in [0.717, 1.165) is 11.4 Å². The Morgan fingerprint density at radius 1 is 1.71 bits per heavy atom. The van der Waals surface area contributed by atoms with Gasteiger partial charge >= 0.3 is 0 Å². The lowest BCUT2D eigenvalue weighted by Gasteiger charge is -2.22. The van der Waals surface area contributed by atoms with Gasteiger partial charge in [-0.05, 0) is 0 Å². The van der Waals surface area contributed by atoms with Crippen LogP contribution >= 0.6 is 0 Å². The molecular formula is C10H16N4O3. The maximum atomic E-state index is 11.7. The molecule has 1 amide bonds. The summed E-state index contributed by atoms with van der Waals surface area (Å²) in [6.07, 6.45) is 1.23. The van der Waals surface area contributed by atoms with Crippen LogP contribution < -0.4 is 10.6 Å². The molecule has 7 nitrogen and oxygen atoms in total. The topological polar surface area (TPSA) is 110 Å². The third kappa shape index (κ3) is 2.82. The lowest BCUT2D eigenvalue weighted by Crippen LogP contribution is -2.49. The van der Waals surface area contributed by atoms with Gasteiger partial charge in [0.1, 0.15) is 0 Å². The third-order valence-electron chi connectivity index (χ3n) is 2.77. The number of amides is 1. The van der Waals surface area contributed by atoms with Crippen LogP contribution in [0, 0.1) is 0 Å². The zero-order valence-corrected chi connectivity index (χ0v) is 9.31. The summed E-state index contributed by atoms with van der Waals surface area (Å²) in [7, 11) is 0. The molecule has 0 saturated heterocycles. The lowest BCUT2D eigenvalue weighted by atomic mass is 10.0. The van der Waals surface area contributed by atoms with Crippen molar-refractivity contribution in [3.05, 3.63) is 17.7 Å². The molecule has 0 fully saturated rings. The molecule has 0 bridgehead atoms. The van der Waals surface area contributed by atoms with Crippen molar-refractivity contribution in [1.82, 2.24) is 20.6 Å². The van der Waals surface area contributed by atoms with Gasteiger partial charge in [0.05, 0.1) is 36.5 Å². The van der Waals surface area contributed by atoms with Gasteiger partial charge in [0.25, 0.3) is 0 Å². The molecule has 17 heavy (non-hydrogen) atoms. The highest BCUT2D eigenvalue weighted by Gasteiger charge is 2.25. The van der Waals surface area contributed by atoms with Gasteiger partial charge in [0.2, 0.25) is 5.91 Å². The minimum Gasteiger partial charge on any atom is -0.394 e. The number of nitrogens with one attached hydrogen (secondary N) is 3. The Hall–Kier alpha value is -1.44. The summed E-state index contributed by atoms with van der Waals surface area (Å²) in [5.74, 6) is -0.189. The Balaban J connectivity index is 1.86. The number of hydrogen-bond acceptors (Lipinski definition) is 5. The zero-order chi connectivity index (χ0) is 12.3. The fourth-order valence-corrected chi connectivity index (χ4v) is 1.76. The first-order chi connectivity index (χ1) is 8.20. The number of aliphatic hydroxyl groups excluding tert-OH is 2. The van der Waals surface area contributed by atoms with Crippen molar-refractivity contribution in [2.24, 2.45) is 0 Å². The van der Waals surface area contributed by atoms with Crippen LogP contribution in [0.3, 0.4) is 0 Å². The van der Waals surface area contributed by atoms with Crippen molar-refractivity contribution in [3.8, 4) is 0 Å². The second-order valence-corrected chi connectivity index (χ2v) is 4.05. The van der Waals surface area contributed by atoms with Crippen molar-refractivity contribution in [2.45, 2.75) is 25.1 Å². The number of H-pyrrole nitrogens is 1. The molecule has 94 valence electrons. The summed E-state index contributed by atoms with van der Waals surface area (Å²) in [5.41, 5.74) is 1.90. The van der Waals surface area contributed by atoms with Gasteiger partial charge in [-0.15, -0.1) is 0 Å². The number of carbonyl (C=O) groups is 1.